The Morgan fingerprint density at radius 2 is 2.00 bits per heavy atom. The third-order valence-electron chi connectivity index (χ3n) is 3.59. The third-order valence-corrected chi connectivity index (χ3v) is 5.54. The van der Waals surface area contributed by atoms with Gasteiger partial charge >= 0.3 is 0 Å². The fourth-order valence-corrected chi connectivity index (χ4v) is 4.08. The molecule has 1 aromatic carbocycles. The topological polar surface area (TPSA) is 12.0 Å². The van der Waals surface area contributed by atoms with Gasteiger partial charge in [-0.2, -0.15) is 0 Å². The molecule has 0 aliphatic carbocycles. The van der Waals surface area contributed by atoms with Gasteiger partial charge < -0.3 is 5.32 Å². The van der Waals surface area contributed by atoms with E-state index in [1.165, 1.54) is 26.0 Å². The van der Waals surface area contributed by atoms with Crippen LogP contribution in [0.4, 0.5) is 0 Å². The van der Waals surface area contributed by atoms with Crippen LogP contribution in [0, 0.1) is 13.8 Å². The molecule has 0 aliphatic heterocycles. The minimum atomic E-state index is 0.496. The smallest absolute Gasteiger partial charge is 0.0314 e. The zero-order valence-electron chi connectivity index (χ0n) is 12.4. The van der Waals surface area contributed by atoms with E-state index in [0.29, 0.717) is 6.04 Å². The van der Waals surface area contributed by atoms with Gasteiger partial charge in [0.15, 0.2) is 0 Å². The Labute approximate surface area is 134 Å². The van der Waals surface area contributed by atoms with E-state index in [1.807, 2.05) is 11.3 Å². The second-order valence-corrected chi connectivity index (χ2v) is 7.14. The number of nitrogens with one attached hydrogen (secondary N) is 1. The van der Waals surface area contributed by atoms with Crippen molar-refractivity contribution in [3.8, 4) is 0 Å². The van der Waals surface area contributed by atoms with Gasteiger partial charge in [0.25, 0.3) is 0 Å². The number of hydrogen-bond acceptors (Lipinski definition) is 2. The molecule has 0 saturated carbocycles. The summed E-state index contributed by atoms with van der Waals surface area (Å²) in [6, 6.07) is 9.38. The number of halogens is 1. The summed E-state index contributed by atoms with van der Waals surface area (Å²) in [5.74, 6) is 0. The van der Waals surface area contributed by atoms with E-state index in [1.54, 1.807) is 0 Å². The first-order valence-electron chi connectivity index (χ1n) is 7.11. The van der Waals surface area contributed by atoms with Crippen molar-refractivity contribution in [1.29, 1.82) is 0 Å². The third kappa shape index (κ3) is 4.18. The fourth-order valence-electron chi connectivity index (χ4n) is 2.49. The van der Waals surface area contributed by atoms with Crippen molar-refractivity contribution in [1.82, 2.24) is 5.32 Å². The van der Waals surface area contributed by atoms with Gasteiger partial charge in [-0.15, -0.1) is 11.3 Å². The predicted octanol–water partition coefficient (Wildman–Crippen LogP) is 4.89. The molecule has 0 saturated heterocycles. The van der Waals surface area contributed by atoms with Crippen LogP contribution in [-0.4, -0.2) is 12.6 Å². The number of rotatable bonds is 6. The average Bonchev–Trinajstić information content (AvgIpc) is 2.80. The van der Waals surface area contributed by atoms with E-state index in [9.17, 15) is 0 Å². The molecule has 2 aromatic rings. The Bertz CT molecular complexity index is 562. The van der Waals surface area contributed by atoms with Crippen molar-refractivity contribution in [2.24, 2.45) is 0 Å². The molecule has 1 N–H and O–H groups in total. The number of aryl methyl sites for hydroxylation is 2. The highest BCUT2D eigenvalue weighted by Gasteiger charge is 2.13. The van der Waals surface area contributed by atoms with Crippen LogP contribution < -0.4 is 5.32 Å². The highest BCUT2D eigenvalue weighted by molar-refractivity contribution is 9.10. The normalized spacial score (nSPS) is 12.6. The van der Waals surface area contributed by atoms with E-state index in [0.717, 1.165) is 19.4 Å². The van der Waals surface area contributed by atoms with Gasteiger partial charge in [-0.1, -0.05) is 30.7 Å². The minimum absolute atomic E-state index is 0.496. The number of benzene rings is 1. The second-order valence-electron chi connectivity index (χ2n) is 5.28. The Morgan fingerprint density at radius 3 is 2.65 bits per heavy atom. The maximum atomic E-state index is 3.64. The van der Waals surface area contributed by atoms with E-state index in [-0.39, 0.29) is 0 Å². The largest absolute Gasteiger partial charge is 0.314 e. The van der Waals surface area contributed by atoms with Gasteiger partial charge in [0.1, 0.15) is 0 Å². The quantitative estimate of drug-likeness (QED) is 0.780. The van der Waals surface area contributed by atoms with E-state index >= 15 is 0 Å². The number of hydrogen-bond donors (Lipinski definition) is 1. The zero-order chi connectivity index (χ0) is 14.5. The molecule has 1 aromatic heterocycles. The van der Waals surface area contributed by atoms with Crippen molar-refractivity contribution < 1.29 is 0 Å². The predicted molar refractivity (Wildman–Crippen MR) is 92.8 cm³/mol. The molecule has 0 amide bonds. The van der Waals surface area contributed by atoms with E-state index in [4.69, 9.17) is 0 Å². The summed E-state index contributed by atoms with van der Waals surface area (Å²) in [4.78, 5) is 1.43. The van der Waals surface area contributed by atoms with Crippen LogP contribution in [0.5, 0.6) is 0 Å². The molecule has 108 valence electrons. The summed E-state index contributed by atoms with van der Waals surface area (Å²) < 4.78 is 1.24. The monoisotopic (exact) mass is 351 g/mol. The number of thiophene rings is 1. The number of likely N-dealkylation sites (N-methyl/N-ethyl adjacent to an activating group) is 1. The summed E-state index contributed by atoms with van der Waals surface area (Å²) in [6.07, 6.45) is 2.17. The molecule has 0 bridgehead atoms. The van der Waals surface area contributed by atoms with Crippen molar-refractivity contribution >= 4 is 27.3 Å². The molecule has 0 fully saturated rings. The Balaban J connectivity index is 2.13. The maximum Gasteiger partial charge on any atom is 0.0314 e. The molecule has 1 atom stereocenters. The zero-order valence-corrected chi connectivity index (χ0v) is 14.8. The summed E-state index contributed by atoms with van der Waals surface area (Å²) >= 11 is 5.47. The van der Waals surface area contributed by atoms with Crippen molar-refractivity contribution in [3.63, 3.8) is 0 Å². The fraction of sp³-hybridized carbons (Fsp3) is 0.412. The first-order chi connectivity index (χ1) is 9.60. The molecular formula is C17H22BrNS. The van der Waals surface area contributed by atoms with Gasteiger partial charge in [-0.3, -0.25) is 0 Å². The maximum absolute atomic E-state index is 3.64. The molecule has 3 heteroatoms. The highest BCUT2D eigenvalue weighted by atomic mass is 79.9. The van der Waals surface area contributed by atoms with Gasteiger partial charge in [-0.25, -0.2) is 0 Å². The van der Waals surface area contributed by atoms with Crippen LogP contribution >= 0.6 is 27.3 Å². The van der Waals surface area contributed by atoms with Gasteiger partial charge in [0.05, 0.1) is 0 Å². The molecule has 0 aliphatic rings. The summed E-state index contributed by atoms with van der Waals surface area (Å²) in [5.41, 5.74) is 4.20. The lowest BCUT2D eigenvalue weighted by molar-refractivity contribution is 0.523. The van der Waals surface area contributed by atoms with Crippen LogP contribution in [0.25, 0.3) is 0 Å². The lowest BCUT2D eigenvalue weighted by Gasteiger charge is -2.19. The van der Waals surface area contributed by atoms with Crippen LogP contribution in [0.3, 0.4) is 0 Å². The molecule has 20 heavy (non-hydrogen) atoms. The first-order valence-corrected chi connectivity index (χ1v) is 8.78. The van der Waals surface area contributed by atoms with Crippen LogP contribution in [0.2, 0.25) is 0 Å². The molecule has 1 nitrogen and oxygen atoms in total. The Kier molecular flexibility index (Phi) is 5.82. The average molecular weight is 352 g/mol. The molecule has 1 unspecified atom stereocenters. The SMILES string of the molecule is CCNC(Cc1cc(C)ccc1C)Cc1sccc1Br. The van der Waals surface area contributed by atoms with Crippen LogP contribution in [0.1, 0.15) is 28.5 Å². The van der Waals surface area contributed by atoms with Crippen LogP contribution in [0.15, 0.2) is 34.1 Å². The molecular weight excluding hydrogens is 330 g/mol. The van der Waals surface area contributed by atoms with Crippen molar-refractivity contribution in [3.05, 3.63) is 55.7 Å². The Morgan fingerprint density at radius 1 is 1.20 bits per heavy atom. The van der Waals surface area contributed by atoms with Crippen molar-refractivity contribution in [2.45, 2.75) is 39.7 Å². The van der Waals surface area contributed by atoms with Crippen LogP contribution in [-0.2, 0) is 12.8 Å². The Hall–Kier alpha value is -0.640. The lowest BCUT2D eigenvalue weighted by atomic mass is 9.97. The minimum Gasteiger partial charge on any atom is -0.314 e. The van der Waals surface area contributed by atoms with Crippen molar-refractivity contribution in [2.75, 3.05) is 6.54 Å². The first kappa shape index (κ1) is 15.7. The van der Waals surface area contributed by atoms with Gasteiger partial charge in [0, 0.05) is 15.4 Å². The molecule has 2 rings (SSSR count). The van der Waals surface area contributed by atoms with Gasteiger partial charge in [-0.05, 0) is 71.7 Å². The molecule has 0 spiro atoms. The summed E-state index contributed by atoms with van der Waals surface area (Å²) in [5, 5.41) is 5.78. The molecule has 0 radical (unpaired) electrons. The summed E-state index contributed by atoms with van der Waals surface area (Å²) in [6.45, 7) is 7.57. The van der Waals surface area contributed by atoms with E-state index < -0.39 is 0 Å². The summed E-state index contributed by atoms with van der Waals surface area (Å²) in [7, 11) is 0. The highest BCUT2D eigenvalue weighted by Crippen LogP contribution is 2.25. The standard InChI is InChI=1S/C17H22BrNS/c1-4-19-15(11-17-16(18)7-8-20-17)10-14-9-12(2)5-6-13(14)3/h5-9,15,19H,4,10-11H2,1-3H3. The van der Waals surface area contributed by atoms with E-state index in [2.05, 4.69) is 71.7 Å². The van der Waals surface area contributed by atoms with Gasteiger partial charge in [0.2, 0.25) is 0 Å². The lowest BCUT2D eigenvalue weighted by Crippen LogP contribution is -2.33. The molecule has 1 heterocycles. The second kappa shape index (κ2) is 7.39.